The lowest BCUT2D eigenvalue weighted by Gasteiger charge is -2.02. The predicted octanol–water partition coefficient (Wildman–Crippen LogP) is 2.60. The maximum Gasteiger partial charge on any atom is 0.249 e. The van der Waals surface area contributed by atoms with E-state index in [9.17, 15) is 4.79 Å². The zero-order valence-electron chi connectivity index (χ0n) is 5.77. The molecule has 2 N–H and O–H groups in total. The highest BCUT2D eigenvalue weighted by Crippen LogP contribution is 2.22. The quantitative estimate of drug-likeness (QED) is 0.469. The molecule has 0 radical (unpaired) electrons. The smallest absolute Gasteiger partial charge is 0.249 e. The summed E-state index contributed by atoms with van der Waals surface area (Å²) < 4.78 is 3.03. The molecular weight excluding hydrogens is 495 g/mol. The van der Waals surface area contributed by atoms with Crippen LogP contribution in [0.25, 0.3) is 0 Å². The molecule has 1 rings (SSSR count). The van der Waals surface area contributed by atoms with Crippen LogP contribution in [0.5, 0.6) is 0 Å². The van der Waals surface area contributed by atoms with Gasteiger partial charge in [0.2, 0.25) is 5.91 Å². The monoisotopic (exact) mass is 499 g/mol. The van der Waals surface area contributed by atoms with Gasteiger partial charge in [0.25, 0.3) is 0 Å². The van der Waals surface area contributed by atoms with Crippen molar-refractivity contribution in [3.63, 3.8) is 0 Å². The van der Waals surface area contributed by atoms with Gasteiger partial charge in [-0.1, -0.05) is 0 Å². The van der Waals surface area contributed by atoms with Crippen LogP contribution < -0.4 is 5.73 Å². The average molecular weight is 499 g/mol. The molecule has 0 aliphatic heterocycles. The summed E-state index contributed by atoms with van der Waals surface area (Å²) in [6.45, 7) is 0. The van der Waals surface area contributed by atoms with Crippen LogP contribution in [-0.2, 0) is 0 Å². The third-order valence-corrected chi connectivity index (χ3v) is 4.93. The third-order valence-electron chi connectivity index (χ3n) is 1.26. The van der Waals surface area contributed by atoms with E-state index in [-0.39, 0.29) is 5.91 Å². The SMILES string of the molecule is NC(=O)c1cc(I)cc(I)c1I. The molecule has 0 bridgehead atoms. The molecular formula is C7H4I3NO. The van der Waals surface area contributed by atoms with Crippen molar-refractivity contribution in [2.75, 3.05) is 0 Å². The minimum atomic E-state index is -0.365. The summed E-state index contributed by atoms with van der Waals surface area (Å²) in [6, 6.07) is 3.81. The van der Waals surface area contributed by atoms with Gasteiger partial charge in [0, 0.05) is 10.7 Å². The van der Waals surface area contributed by atoms with Crippen molar-refractivity contribution < 1.29 is 4.79 Å². The van der Waals surface area contributed by atoms with Crippen LogP contribution in [0, 0.1) is 10.7 Å². The number of hydrogen-bond acceptors (Lipinski definition) is 1. The molecule has 1 aromatic rings. The minimum absolute atomic E-state index is 0.365. The molecule has 1 aromatic carbocycles. The molecule has 0 saturated heterocycles. The van der Waals surface area contributed by atoms with E-state index in [0.717, 1.165) is 10.7 Å². The summed E-state index contributed by atoms with van der Waals surface area (Å²) in [4.78, 5) is 10.9. The molecule has 0 spiro atoms. The van der Waals surface area contributed by atoms with Gasteiger partial charge in [-0.15, -0.1) is 0 Å². The van der Waals surface area contributed by atoms with Crippen molar-refractivity contribution >= 4 is 73.7 Å². The van der Waals surface area contributed by atoms with Crippen molar-refractivity contribution in [3.05, 3.63) is 28.4 Å². The maximum atomic E-state index is 10.9. The fourth-order valence-corrected chi connectivity index (χ4v) is 3.16. The Morgan fingerprint density at radius 3 is 2.33 bits per heavy atom. The summed E-state index contributed by atoms with van der Waals surface area (Å²) in [7, 11) is 0. The Balaban J connectivity index is 3.37. The summed E-state index contributed by atoms with van der Waals surface area (Å²) in [6.07, 6.45) is 0. The molecule has 1 amide bonds. The summed E-state index contributed by atoms with van der Waals surface area (Å²) in [5.41, 5.74) is 5.81. The van der Waals surface area contributed by atoms with Gasteiger partial charge in [0.15, 0.2) is 0 Å². The Bertz CT molecular complexity index is 338. The van der Waals surface area contributed by atoms with E-state index in [1.165, 1.54) is 0 Å². The van der Waals surface area contributed by atoms with Gasteiger partial charge in [-0.25, -0.2) is 0 Å². The number of rotatable bonds is 1. The normalized spacial score (nSPS) is 9.92. The third kappa shape index (κ3) is 2.44. The van der Waals surface area contributed by atoms with Gasteiger partial charge in [-0.3, -0.25) is 4.79 Å². The first-order chi connectivity index (χ1) is 5.52. The molecule has 64 valence electrons. The number of carbonyl (C=O) groups is 1. The highest BCUT2D eigenvalue weighted by Gasteiger charge is 2.09. The lowest BCUT2D eigenvalue weighted by atomic mass is 10.2. The van der Waals surface area contributed by atoms with Gasteiger partial charge >= 0.3 is 0 Å². The molecule has 0 atom stereocenters. The van der Waals surface area contributed by atoms with E-state index >= 15 is 0 Å². The Morgan fingerprint density at radius 1 is 1.25 bits per heavy atom. The first-order valence-corrected chi connectivity index (χ1v) is 6.20. The zero-order chi connectivity index (χ0) is 9.30. The number of nitrogens with two attached hydrogens (primary N) is 1. The van der Waals surface area contributed by atoms with Crippen molar-refractivity contribution in [3.8, 4) is 0 Å². The molecule has 0 aliphatic rings. The average Bonchev–Trinajstić information content (AvgIpc) is 1.96. The lowest BCUT2D eigenvalue weighted by molar-refractivity contribution is 0.0999. The second kappa shape index (κ2) is 4.40. The van der Waals surface area contributed by atoms with Crippen LogP contribution in [0.4, 0.5) is 0 Å². The summed E-state index contributed by atoms with van der Waals surface area (Å²) in [5.74, 6) is -0.365. The van der Waals surface area contributed by atoms with E-state index in [1.54, 1.807) is 6.07 Å². The predicted molar refractivity (Wildman–Crippen MR) is 73.1 cm³/mol. The van der Waals surface area contributed by atoms with E-state index in [4.69, 9.17) is 5.73 Å². The molecule has 0 unspecified atom stereocenters. The molecule has 2 nitrogen and oxygen atoms in total. The largest absolute Gasteiger partial charge is 0.366 e. The minimum Gasteiger partial charge on any atom is -0.366 e. The maximum absolute atomic E-state index is 10.9. The fourth-order valence-electron chi connectivity index (χ4n) is 0.735. The van der Waals surface area contributed by atoms with E-state index < -0.39 is 0 Å². The lowest BCUT2D eigenvalue weighted by Crippen LogP contribution is -2.13. The molecule has 0 aliphatic carbocycles. The first kappa shape index (κ1) is 11.0. The number of hydrogen-bond donors (Lipinski definition) is 1. The van der Waals surface area contributed by atoms with E-state index in [0.29, 0.717) is 5.56 Å². The molecule has 0 saturated carbocycles. The van der Waals surface area contributed by atoms with Crippen molar-refractivity contribution in [2.45, 2.75) is 0 Å². The summed E-state index contributed by atoms with van der Waals surface area (Å²) >= 11 is 6.48. The van der Waals surface area contributed by atoms with Crippen LogP contribution in [0.2, 0.25) is 0 Å². The van der Waals surface area contributed by atoms with Crippen LogP contribution in [0.3, 0.4) is 0 Å². The zero-order valence-corrected chi connectivity index (χ0v) is 12.2. The Morgan fingerprint density at radius 2 is 1.83 bits per heavy atom. The Kier molecular flexibility index (Phi) is 4.02. The fraction of sp³-hybridized carbons (Fsp3) is 0. The van der Waals surface area contributed by atoms with Crippen molar-refractivity contribution in [1.82, 2.24) is 0 Å². The van der Waals surface area contributed by atoms with Crippen LogP contribution in [0.15, 0.2) is 12.1 Å². The van der Waals surface area contributed by atoms with Crippen LogP contribution in [-0.4, -0.2) is 5.91 Å². The Labute approximate surface area is 111 Å². The second-order valence-electron chi connectivity index (χ2n) is 2.11. The Hall–Kier alpha value is 0.880. The van der Waals surface area contributed by atoms with E-state index in [2.05, 4.69) is 67.8 Å². The standard InChI is InChI=1S/C7H4I3NO/c8-3-1-4(7(11)12)6(10)5(9)2-3/h1-2H,(H2,11,12). The van der Waals surface area contributed by atoms with Gasteiger partial charge in [-0.05, 0) is 79.9 Å². The summed E-state index contributed by atoms with van der Waals surface area (Å²) in [5, 5.41) is 0. The number of carbonyl (C=O) groups excluding carboxylic acids is 1. The highest BCUT2D eigenvalue weighted by atomic mass is 127. The molecule has 0 aromatic heterocycles. The highest BCUT2D eigenvalue weighted by molar-refractivity contribution is 14.1. The van der Waals surface area contributed by atoms with Crippen molar-refractivity contribution in [2.24, 2.45) is 5.73 Å². The van der Waals surface area contributed by atoms with Gasteiger partial charge in [0.05, 0.1) is 5.56 Å². The topological polar surface area (TPSA) is 43.1 Å². The van der Waals surface area contributed by atoms with Crippen LogP contribution >= 0.6 is 67.8 Å². The number of amides is 1. The van der Waals surface area contributed by atoms with E-state index in [1.807, 2.05) is 6.07 Å². The molecule has 12 heavy (non-hydrogen) atoms. The molecule has 0 fully saturated rings. The van der Waals surface area contributed by atoms with Crippen LogP contribution in [0.1, 0.15) is 10.4 Å². The number of benzene rings is 1. The van der Waals surface area contributed by atoms with Gasteiger partial charge < -0.3 is 5.73 Å². The van der Waals surface area contributed by atoms with Gasteiger partial charge in [0.1, 0.15) is 0 Å². The second-order valence-corrected chi connectivity index (χ2v) is 5.60. The number of halogens is 3. The number of primary amides is 1. The molecule has 5 heteroatoms. The molecule has 0 heterocycles. The van der Waals surface area contributed by atoms with Gasteiger partial charge in [-0.2, -0.15) is 0 Å². The van der Waals surface area contributed by atoms with Crippen molar-refractivity contribution in [1.29, 1.82) is 0 Å². The first-order valence-electron chi connectivity index (χ1n) is 2.96.